The minimum Gasteiger partial charge on any atom is -0.548 e. The Hall–Kier alpha value is -1.25. The van der Waals surface area contributed by atoms with Crippen LogP contribution in [-0.4, -0.2) is 32.4 Å². The number of rotatable bonds is 7. The van der Waals surface area contributed by atoms with E-state index in [1.165, 1.54) is 36.0 Å². The number of carbonyl (C=O) groups excluding carboxylic acids is 1. The Bertz CT molecular complexity index is 528. The fourth-order valence-corrected chi connectivity index (χ4v) is 3.05. The second-order valence-corrected chi connectivity index (χ2v) is 6.54. The predicted molar refractivity (Wildman–Crippen MR) is 73.0 cm³/mol. The first-order valence-corrected chi connectivity index (χ1v) is 8.32. The first-order valence-electron chi connectivity index (χ1n) is 5.44. The second kappa shape index (κ2) is 6.78. The Balaban J connectivity index is 2.87. The standard InChI is InChI=1S/C11H16N2O4S2/c1-18-7-6-10(11(14)15)13-19(16,17)9-4-2-8(12)3-5-9/h2-5,10,13H,6-7,12H2,1H3,(H,14,15)/p-1/t10-/m1/s1. The van der Waals surface area contributed by atoms with Crippen molar-refractivity contribution in [1.29, 1.82) is 0 Å². The molecule has 0 aliphatic carbocycles. The number of aliphatic carboxylic acids is 1. The molecule has 1 rings (SSSR count). The van der Waals surface area contributed by atoms with Gasteiger partial charge in [0.15, 0.2) is 0 Å². The number of sulfonamides is 1. The van der Waals surface area contributed by atoms with E-state index in [0.717, 1.165) is 0 Å². The normalized spacial score (nSPS) is 13.1. The molecule has 0 saturated heterocycles. The highest BCUT2D eigenvalue weighted by molar-refractivity contribution is 7.98. The number of hydrogen-bond acceptors (Lipinski definition) is 6. The molecule has 6 nitrogen and oxygen atoms in total. The maximum absolute atomic E-state index is 12.0. The number of anilines is 1. The molecule has 1 atom stereocenters. The minimum absolute atomic E-state index is 0.0305. The van der Waals surface area contributed by atoms with Crippen LogP contribution < -0.4 is 15.6 Å². The summed E-state index contributed by atoms with van der Waals surface area (Å²) in [4.78, 5) is 10.9. The number of carboxylic acids is 1. The van der Waals surface area contributed by atoms with Crippen molar-refractivity contribution in [1.82, 2.24) is 4.72 Å². The van der Waals surface area contributed by atoms with Gasteiger partial charge in [0.25, 0.3) is 0 Å². The summed E-state index contributed by atoms with van der Waals surface area (Å²) in [6.07, 6.45) is 1.97. The Morgan fingerprint density at radius 2 is 2.00 bits per heavy atom. The van der Waals surface area contributed by atoms with E-state index in [2.05, 4.69) is 4.72 Å². The molecule has 0 amide bonds. The Labute approximate surface area is 116 Å². The van der Waals surface area contributed by atoms with Crippen LogP contribution >= 0.6 is 11.8 Å². The lowest BCUT2D eigenvalue weighted by atomic mass is 10.2. The summed E-state index contributed by atoms with van der Waals surface area (Å²) < 4.78 is 26.1. The highest BCUT2D eigenvalue weighted by Crippen LogP contribution is 2.13. The first-order chi connectivity index (χ1) is 8.86. The van der Waals surface area contributed by atoms with Crippen molar-refractivity contribution in [3.05, 3.63) is 24.3 Å². The maximum atomic E-state index is 12.0. The van der Waals surface area contributed by atoms with E-state index in [-0.39, 0.29) is 11.3 Å². The number of nitrogens with one attached hydrogen (secondary N) is 1. The lowest BCUT2D eigenvalue weighted by Crippen LogP contribution is -2.48. The summed E-state index contributed by atoms with van der Waals surface area (Å²) in [7, 11) is -3.89. The van der Waals surface area contributed by atoms with Crippen LogP contribution in [0.1, 0.15) is 6.42 Å². The SMILES string of the molecule is CSCC[C@@H](NS(=O)(=O)c1ccc(N)cc1)C(=O)[O-]. The zero-order chi connectivity index (χ0) is 14.5. The van der Waals surface area contributed by atoms with Gasteiger partial charge in [-0.25, -0.2) is 13.1 Å². The molecule has 0 aliphatic heterocycles. The van der Waals surface area contributed by atoms with E-state index in [9.17, 15) is 18.3 Å². The molecule has 1 aromatic rings. The highest BCUT2D eigenvalue weighted by Gasteiger charge is 2.20. The van der Waals surface area contributed by atoms with Crippen LogP contribution in [0.2, 0.25) is 0 Å². The van der Waals surface area contributed by atoms with E-state index < -0.39 is 22.0 Å². The monoisotopic (exact) mass is 303 g/mol. The maximum Gasteiger partial charge on any atom is 0.241 e. The van der Waals surface area contributed by atoms with Gasteiger partial charge in [-0.2, -0.15) is 11.8 Å². The Morgan fingerprint density at radius 3 is 2.47 bits per heavy atom. The van der Waals surface area contributed by atoms with Gasteiger partial charge in [-0.05, 0) is 42.7 Å². The van der Waals surface area contributed by atoms with Gasteiger partial charge in [0.2, 0.25) is 10.0 Å². The van der Waals surface area contributed by atoms with Crippen molar-refractivity contribution in [3.8, 4) is 0 Å². The van der Waals surface area contributed by atoms with Gasteiger partial charge in [-0.15, -0.1) is 0 Å². The fraction of sp³-hybridized carbons (Fsp3) is 0.364. The minimum atomic E-state index is -3.89. The summed E-state index contributed by atoms with van der Waals surface area (Å²) in [6, 6.07) is 4.27. The lowest BCUT2D eigenvalue weighted by Gasteiger charge is -2.19. The zero-order valence-corrected chi connectivity index (χ0v) is 12.0. The topological polar surface area (TPSA) is 112 Å². The summed E-state index contributed by atoms with van der Waals surface area (Å²) in [5, 5.41) is 10.9. The van der Waals surface area contributed by atoms with Crippen LogP contribution in [0.5, 0.6) is 0 Å². The van der Waals surface area contributed by atoms with Crippen molar-refractivity contribution in [2.45, 2.75) is 17.4 Å². The summed E-state index contributed by atoms with van der Waals surface area (Å²) in [6.45, 7) is 0. The van der Waals surface area contributed by atoms with Gasteiger partial charge in [-0.1, -0.05) is 0 Å². The number of carboxylic acid groups (broad SMARTS) is 1. The molecular formula is C11H15N2O4S2-. The third kappa shape index (κ3) is 4.73. The molecule has 0 heterocycles. The van der Waals surface area contributed by atoms with Crippen molar-refractivity contribution in [3.63, 3.8) is 0 Å². The molecule has 0 aliphatic rings. The molecule has 8 heteroatoms. The van der Waals surface area contributed by atoms with Crippen molar-refractivity contribution >= 4 is 33.4 Å². The molecule has 0 aromatic heterocycles. The predicted octanol–water partition coefficient (Wildman–Crippen LogP) is -0.581. The van der Waals surface area contributed by atoms with Gasteiger partial charge in [-0.3, -0.25) is 0 Å². The highest BCUT2D eigenvalue weighted by atomic mass is 32.2. The van der Waals surface area contributed by atoms with E-state index in [0.29, 0.717) is 11.4 Å². The first kappa shape index (κ1) is 15.8. The summed E-state index contributed by atoms with van der Waals surface area (Å²) in [5.74, 6) is -0.920. The average molecular weight is 303 g/mol. The van der Waals surface area contributed by atoms with Crippen LogP contribution in [0.25, 0.3) is 0 Å². The van der Waals surface area contributed by atoms with E-state index in [1.807, 2.05) is 0 Å². The smallest absolute Gasteiger partial charge is 0.241 e. The third-order valence-electron chi connectivity index (χ3n) is 2.38. The molecular weight excluding hydrogens is 288 g/mol. The molecule has 1 aromatic carbocycles. The van der Waals surface area contributed by atoms with Crippen molar-refractivity contribution in [2.24, 2.45) is 0 Å². The second-order valence-electron chi connectivity index (χ2n) is 3.84. The van der Waals surface area contributed by atoms with Gasteiger partial charge >= 0.3 is 0 Å². The average Bonchev–Trinajstić information content (AvgIpc) is 2.34. The van der Waals surface area contributed by atoms with Crippen LogP contribution in [0.4, 0.5) is 5.69 Å². The number of nitrogen functional groups attached to an aromatic ring is 1. The molecule has 0 unspecified atom stereocenters. The molecule has 0 bridgehead atoms. The van der Waals surface area contributed by atoms with Gasteiger partial charge < -0.3 is 15.6 Å². The Morgan fingerprint density at radius 1 is 1.42 bits per heavy atom. The number of nitrogens with two attached hydrogens (primary N) is 1. The van der Waals surface area contributed by atoms with Crippen molar-refractivity contribution < 1.29 is 18.3 Å². The molecule has 0 saturated carbocycles. The van der Waals surface area contributed by atoms with Crippen LogP contribution in [-0.2, 0) is 14.8 Å². The number of carbonyl (C=O) groups is 1. The quantitative estimate of drug-likeness (QED) is 0.652. The molecule has 0 fully saturated rings. The zero-order valence-electron chi connectivity index (χ0n) is 10.3. The largest absolute Gasteiger partial charge is 0.548 e. The number of benzene rings is 1. The summed E-state index contributed by atoms with van der Waals surface area (Å²) >= 11 is 1.43. The third-order valence-corrected chi connectivity index (χ3v) is 4.51. The van der Waals surface area contributed by atoms with Crippen LogP contribution in [0.3, 0.4) is 0 Å². The van der Waals surface area contributed by atoms with Crippen molar-refractivity contribution in [2.75, 3.05) is 17.7 Å². The molecule has 19 heavy (non-hydrogen) atoms. The van der Waals surface area contributed by atoms with Crippen LogP contribution in [0, 0.1) is 0 Å². The number of hydrogen-bond donors (Lipinski definition) is 2. The van der Waals surface area contributed by atoms with Crippen LogP contribution in [0.15, 0.2) is 29.2 Å². The van der Waals surface area contributed by atoms with Gasteiger partial charge in [0.05, 0.1) is 16.9 Å². The summed E-state index contributed by atoms with van der Waals surface area (Å²) in [5.41, 5.74) is 5.89. The molecule has 0 spiro atoms. The van der Waals surface area contributed by atoms with Gasteiger partial charge in [0.1, 0.15) is 0 Å². The lowest BCUT2D eigenvalue weighted by molar-refractivity contribution is -0.308. The molecule has 3 N–H and O–H groups in total. The Kier molecular flexibility index (Phi) is 5.64. The van der Waals surface area contributed by atoms with E-state index in [1.54, 1.807) is 6.26 Å². The van der Waals surface area contributed by atoms with E-state index >= 15 is 0 Å². The molecule has 106 valence electrons. The fourth-order valence-electron chi connectivity index (χ4n) is 1.36. The van der Waals surface area contributed by atoms with Gasteiger partial charge in [0, 0.05) is 5.69 Å². The molecule has 0 radical (unpaired) electrons. The number of thioether (sulfide) groups is 1. The van der Waals surface area contributed by atoms with E-state index in [4.69, 9.17) is 5.73 Å².